The molecule has 1 amide bonds. The number of carbonyl (C=O) groups is 1. The van der Waals surface area contributed by atoms with Crippen molar-refractivity contribution in [1.82, 2.24) is 9.88 Å². The minimum Gasteiger partial charge on any atom is -0.356 e. The lowest BCUT2D eigenvalue weighted by atomic mass is 10.1. The van der Waals surface area contributed by atoms with Crippen molar-refractivity contribution in [3.8, 4) is 0 Å². The van der Waals surface area contributed by atoms with Gasteiger partial charge in [0.15, 0.2) is 0 Å². The number of hydrogen-bond donors (Lipinski definition) is 2. The average Bonchev–Trinajstić information content (AvgIpc) is 3.21. The molecule has 0 saturated carbocycles. The molecular formula is C25H24FN3O3S. The first-order valence-corrected chi connectivity index (χ1v) is 12.1. The Kier molecular flexibility index (Phi) is 6.74. The molecule has 2 N–H and O–H groups in total. The zero-order valence-electron chi connectivity index (χ0n) is 17.9. The molecule has 0 atom stereocenters. The highest BCUT2D eigenvalue weighted by Crippen LogP contribution is 2.18. The number of nitrogens with one attached hydrogen (secondary N) is 2. The van der Waals surface area contributed by atoms with Gasteiger partial charge in [-0.25, -0.2) is 12.8 Å². The van der Waals surface area contributed by atoms with Gasteiger partial charge in [0, 0.05) is 30.5 Å². The van der Waals surface area contributed by atoms with E-state index in [-0.39, 0.29) is 17.2 Å². The van der Waals surface area contributed by atoms with Gasteiger partial charge in [0.25, 0.3) is 10.0 Å². The van der Waals surface area contributed by atoms with Gasteiger partial charge in [0.2, 0.25) is 5.91 Å². The maximum atomic E-state index is 13.0. The molecule has 0 unspecified atom stereocenters. The maximum Gasteiger partial charge on any atom is 0.261 e. The second-order valence-corrected chi connectivity index (χ2v) is 9.39. The predicted molar refractivity (Wildman–Crippen MR) is 127 cm³/mol. The van der Waals surface area contributed by atoms with E-state index in [9.17, 15) is 17.6 Å². The third-order valence-electron chi connectivity index (χ3n) is 5.27. The number of aromatic nitrogens is 1. The van der Waals surface area contributed by atoms with E-state index in [0.29, 0.717) is 12.2 Å². The number of hydrogen-bond acceptors (Lipinski definition) is 3. The van der Waals surface area contributed by atoms with Crippen LogP contribution < -0.4 is 10.0 Å². The van der Waals surface area contributed by atoms with Crippen molar-refractivity contribution in [3.63, 3.8) is 0 Å². The number of fused-ring (bicyclic) bond motifs is 1. The number of nitrogens with zero attached hydrogens (tertiary/aromatic N) is 1. The third kappa shape index (κ3) is 5.78. The molecule has 4 rings (SSSR count). The lowest BCUT2D eigenvalue weighted by Gasteiger charge is -2.10. The average molecular weight is 466 g/mol. The normalized spacial score (nSPS) is 11.4. The summed E-state index contributed by atoms with van der Waals surface area (Å²) < 4.78 is 42.4. The first-order chi connectivity index (χ1) is 15.9. The second kappa shape index (κ2) is 9.87. The highest BCUT2D eigenvalue weighted by Gasteiger charge is 2.14. The lowest BCUT2D eigenvalue weighted by molar-refractivity contribution is -0.120. The smallest absolute Gasteiger partial charge is 0.261 e. The van der Waals surface area contributed by atoms with E-state index >= 15 is 0 Å². The monoisotopic (exact) mass is 465 g/mol. The molecule has 1 aromatic heterocycles. The number of benzene rings is 3. The zero-order valence-corrected chi connectivity index (χ0v) is 18.7. The van der Waals surface area contributed by atoms with Crippen LogP contribution in [-0.2, 0) is 27.8 Å². The number of amides is 1. The molecule has 0 spiro atoms. The largest absolute Gasteiger partial charge is 0.356 e. The molecule has 4 aromatic rings. The fraction of sp³-hybridized carbons (Fsp3) is 0.160. The van der Waals surface area contributed by atoms with Crippen LogP contribution in [0.2, 0.25) is 0 Å². The molecule has 3 aromatic carbocycles. The van der Waals surface area contributed by atoms with Gasteiger partial charge in [-0.3, -0.25) is 9.52 Å². The molecule has 8 heteroatoms. The van der Waals surface area contributed by atoms with Crippen molar-refractivity contribution in [2.45, 2.75) is 24.3 Å². The molecule has 0 aliphatic carbocycles. The molecular weight excluding hydrogens is 441 g/mol. The summed E-state index contributed by atoms with van der Waals surface area (Å²) in [7, 11) is -3.81. The Hall–Kier alpha value is -3.65. The van der Waals surface area contributed by atoms with Gasteiger partial charge in [-0.1, -0.05) is 30.3 Å². The molecule has 0 aliphatic heterocycles. The van der Waals surface area contributed by atoms with E-state index in [0.717, 1.165) is 30.7 Å². The van der Waals surface area contributed by atoms with Crippen LogP contribution in [-0.4, -0.2) is 25.4 Å². The third-order valence-corrected chi connectivity index (χ3v) is 6.67. The Labute approximate surface area is 192 Å². The minimum absolute atomic E-state index is 0.0275. The molecule has 170 valence electrons. The molecule has 0 bridgehead atoms. The van der Waals surface area contributed by atoms with Crippen LogP contribution in [0.15, 0.2) is 90.0 Å². The summed E-state index contributed by atoms with van der Waals surface area (Å²) in [5.41, 5.74) is 2.31. The number of aryl methyl sites for hydroxylation is 1. The first kappa shape index (κ1) is 22.5. The second-order valence-electron chi connectivity index (χ2n) is 7.70. The van der Waals surface area contributed by atoms with Crippen LogP contribution in [0.25, 0.3) is 10.9 Å². The van der Waals surface area contributed by atoms with E-state index in [1.165, 1.54) is 23.0 Å². The van der Waals surface area contributed by atoms with Gasteiger partial charge in [-0.15, -0.1) is 0 Å². The summed E-state index contributed by atoms with van der Waals surface area (Å²) in [5.74, 6) is -0.596. The van der Waals surface area contributed by atoms with Crippen molar-refractivity contribution in [1.29, 1.82) is 0 Å². The van der Waals surface area contributed by atoms with E-state index in [2.05, 4.69) is 39.0 Å². The molecule has 33 heavy (non-hydrogen) atoms. The number of rotatable bonds is 9. The zero-order chi connectivity index (χ0) is 23.3. The summed E-state index contributed by atoms with van der Waals surface area (Å²) in [5, 5.41) is 4.13. The van der Waals surface area contributed by atoms with E-state index in [1.807, 2.05) is 12.1 Å². The Morgan fingerprint density at radius 2 is 1.64 bits per heavy atom. The van der Waals surface area contributed by atoms with Crippen LogP contribution in [0, 0.1) is 5.82 Å². The van der Waals surface area contributed by atoms with Gasteiger partial charge in [0.1, 0.15) is 5.82 Å². The summed E-state index contributed by atoms with van der Waals surface area (Å²) in [6.45, 7) is 1.39. The van der Waals surface area contributed by atoms with Crippen molar-refractivity contribution < 1.29 is 17.6 Å². The molecule has 1 heterocycles. The van der Waals surface area contributed by atoms with Crippen molar-refractivity contribution in [3.05, 3.63) is 96.4 Å². The SMILES string of the molecule is O=C(Cc1ccc(NS(=O)(=O)c2ccc(F)cc2)cc1)NCCCn1ccc2ccccc21. The molecule has 0 saturated heterocycles. The molecule has 0 aliphatic rings. The van der Waals surface area contributed by atoms with Gasteiger partial charge in [-0.05, 0) is 65.9 Å². The van der Waals surface area contributed by atoms with E-state index in [4.69, 9.17) is 0 Å². The van der Waals surface area contributed by atoms with Crippen LogP contribution in [0.4, 0.5) is 10.1 Å². The summed E-state index contributed by atoms with van der Waals surface area (Å²) in [6.07, 6.45) is 3.07. The summed E-state index contributed by atoms with van der Waals surface area (Å²) >= 11 is 0. The van der Waals surface area contributed by atoms with Crippen LogP contribution in [0.3, 0.4) is 0 Å². The maximum absolute atomic E-state index is 13.0. The standard InChI is InChI=1S/C25H24FN3O3S/c26-21-8-12-23(13-9-21)33(31,32)28-22-10-6-19(7-11-22)18-25(30)27-15-3-16-29-17-14-20-4-1-2-5-24(20)29/h1-2,4-14,17,28H,3,15-16,18H2,(H,27,30). The summed E-state index contributed by atoms with van der Waals surface area (Å²) in [6, 6.07) is 21.5. The van der Waals surface area contributed by atoms with Crippen molar-refractivity contribution in [2.24, 2.45) is 0 Å². The Bertz CT molecular complexity index is 1350. The van der Waals surface area contributed by atoms with Gasteiger partial charge < -0.3 is 9.88 Å². The van der Waals surface area contributed by atoms with E-state index < -0.39 is 15.8 Å². The van der Waals surface area contributed by atoms with Crippen molar-refractivity contribution in [2.75, 3.05) is 11.3 Å². The lowest BCUT2D eigenvalue weighted by Crippen LogP contribution is -2.26. The predicted octanol–water partition coefficient (Wildman–Crippen LogP) is 4.33. The topological polar surface area (TPSA) is 80.2 Å². The highest BCUT2D eigenvalue weighted by molar-refractivity contribution is 7.92. The fourth-order valence-corrected chi connectivity index (χ4v) is 4.64. The van der Waals surface area contributed by atoms with Gasteiger partial charge in [0.05, 0.1) is 11.3 Å². The quantitative estimate of drug-likeness (QED) is 0.361. The van der Waals surface area contributed by atoms with Crippen molar-refractivity contribution >= 4 is 32.5 Å². The number of anilines is 1. The Morgan fingerprint density at radius 3 is 2.39 bits per heavy atom. The highest BCUT2D eigenvalue weighted by atomic mass is 32.2. The number of carbonyl (C=O) groups excluding carboxylic acids is 1. The minimum atomic E-state index is -3.81. The molecule has 0 fully saturated rings. The van der Waals surface area contributed by atoms with Gasteiger partial charge >= 0.3 is 0 Å². The number of sulfonamides is 1. The van der Waals surface area contributed by atoms with E-state index in [1.54, 1.807) is 24.3 Å². The molecule has 6 nitrogen and oxygen atoms in total. The molecule has 0 radical (unpaired) electrons. The van der Waals surface area contributed by atoms with Gasteiger partial charge in [-0.2, -0.15) is 0 Å². The number of para-hydroxylation sites is 1. The summed E-state index contributed by atoms with van der Waals surface area (Å²) in [4.78, 5) is 12.2. The van der Waals surface area contributed by atoms with Crippen LogP contribution in [0.5, 0.6) is 0 Å². The first-order valence-electron chi connectivity index (χ1n) is 10.6. The number of halogens is 1. The Morgan fingerprint density at radius 1 is 0.909 bits per heavy atom. The van der Waals surface area contributed by atoms with Crippen LogP contribution >= 0.6 is 0 Å². The van der Waals surface area contributed by atoms with Crippen LogP contribution in [0.1, 0.15) is 12.0 Å². The Balaban J connectivity index is 1.24. The fourth-order valence-electron chi connectivity index (χ4n) is 3.58.